The number of alkyl halides is 3. The van der Waals surface area contributed by atoms with E-state index in [-0.39, 0.29) is 11.3 Å². The third kappa shape index (κ3) is 2.19. The molecule has 0 atom stereocenters. The van der Waals surface area contributed by atoms with Gasteiger partial charge in [-0.1, -0.05) is 6.07 Å². The van der Waals surface area contributed by atoms with E-state index in [0.717, 1.165) is 6.07 Å². The predicted molar refractivity (Wildman–Crippen MR) is 50.9 cm³/mol. The van der Waals surface area contributed by atoms with E-state index in [4.69, 9.17) is 0 Å². The molecule has 0 bridgehead atoms. The minimum absolute atomic E-state index is 0.0670. The molecule has 0 unspecified atom stereocenters. The molecule has 0 spiro atoms. The molecule has 0 aromatic heterocycles. The zero-order valence-corrected chi connectivity index (χ0v) is 8.04. The van der Waals surface area contributed by atoms with Crippen LogP contribution in [-0.4, -0.2) is 5.16 Å². The smallest absolute Gasteiger partial charge is 0.194 e. The molecule has 74 valence electrons. The summed E-state index contributed by atoms with van der Waals surface area (Å²) in [5.41, 5.74) is -0.420. The van der Waals surface area contributed by atoms with E-state index in [1.807, 2.05) is 5.16 Å². The average molecular weight is 217 g/mol. The second-order valence-electron chi connectivity index (χ2n) is 2.65. The highest BCUT2D eigenvalue weighted by atomic mass is 32.1. The summed E-state index contributed by atoms with van der Waals surface area (Å²) < 4.78 is 37.1. The topological polar surface area (TPSA) is 12.4 Å². The number of isothiocyanates is 1. The summed E-state index contributed by atoms with van der Waals surface area (Å²) in [6.07, 6.45) is -4.35. The van der Waals surface area contributed by atoms with Gasteiger partial charge in [0, 0.05) is 0 Å². The molecule has 0 amide bonds. The Bertz CT molecular complexity index is 392. The van der Waals surface area contributed by atoms with Gasteiger partial charge >= 0.3 is 6.18 Å². The van der Waals surface area contributed by atoms with Crippen molar-refractivity contribution in [3.8, 4) is 0 Å². The molecule has 14 heavy (non-hydrogen) atoms. The van der Waals surface area contributed by atoms with Gasteiger partial charge in [0.2, 0.25) is 0 Å². The second kappa shape index (κ2) is 3.90. The van der Waals surface area contributed by atoms with E-state index >= 15 is 0 Å². The lowest BCUT2D eigenvalue weighted by atomic mass is 10.1. The van der Waals surface area contributed by atoms with Crippen LogP contribution in [0.5, 0.6) is 0 Å². The van der Waals surface area contributed by atoms with Crippen molar-refractivity contribution in [3.63, 3.8) is 0 Å². The molecule has 1 aromatic rings. The molecule has 0 saturated heterocycles. The van der Waals surface area contributed by atoms with E-state index in [0.29, 0.717) is 0 Å². The van der Waals surface area contributed by atoms with Crippen molar-refractivity contribution < 1.29 is 13.2 Å². The van der Waals surface area contributed by atoms with Gasteiger partial charge in [0.25, 0.3) is 0 Å². The Morgan fingerprint density at radius 1 is 1.36 bits per heavy atom. The first-order valence-corrected chi connectivity index (χ1v) is 4.12. The van der Waals surface area contributed by atoms with Crippen LogP contribution in [-0.2, 0) is 6.18 Å². The van der Waals surface area contributed by atoms with E-state index in [1.165, 1.54) is 19.1 Å². The Morgan fingerprint density at radius 2 is 2.00 bits per heavy atom. The van der Waals surface area contributed by atoms with Crippen LogP contribution in [0.3, 0.4) is 0 Å². The normalized spacial score (nSPS) is 10.9. The molecule has 1 aromatic carbocycles. The lowest BCUT2D eigenvalue weighted by Crippen LogP contribution is -2.06. The number of aliphatic imine (C=N–C) groups is 1. The lowest BCUT2D eigenvalue weighted by molar-refractivity contribution is -0.138. The van der Waals surface area contributed by atoms with Gasteiger partial charge in [-0.3, -0.25) is 0 Å². The Balaban J connectivity index is 3.34. The van der Waals surface area contributed by atoms with Gasteiger partial charge in [0.15, 0.2) is 0 Å². The number of rotatable bonds is 1. The molecule has 1 rings (SSSR count). The summed E-state index contributed by atoms with van der Waals surface area (Å²) in [7, 11) is 0. The minimum Gasteiger partial charge on any atom is -0.194 e. The van der Waals surface area contributed by atoms with Crippen LogP contribution in [0.15, 0.2) is 23.2 Å². The third-order valence-electron chi connectivity index (χ3n) is 1.78. The molecule has 0 heterocycles. The Hall–Kier alpha value is -1.19. The Kier molecular flexibility index (Phi) is 3.03. The molecule has 0 radical (unpaired) electrons. The monoisotopic (exact) mass is 217 g/mol. The average Bonchev–Trinajstić information content (AvgIpc) is 2.07. The van der Waals surface area contributed by atoms with Gasteiger partial charge in [-0.15, -0.1) is 0 Å². The van der Waals surface area contributed by atoms with Crippen LogP contribution in [0, 0.1) is 6.92 Å². The first-order valence-electron chi connectivity index (χ1n) is 3.71. The molecule has 5 heteroatoms. The second-order valence-corrected chi connectivity index (χ2v) is 2.83. The molecular weight excluding hydrogens is 211 g/mol. The molecule has 0 saturated carbocycles. The van der Waals surface area contributed by atoms with E-state index in [2.05, 4.69) is 17.2 Å². The highest BCUT2D eigenvalue weighted by Crippen LogP contribution is 2.35. The first kappa shape index (κ1) is 10.9. The third-order valence-corrected chi connectivity index (χ3v) is 1.87. The summed E-state index contributed by atoms with van der Waals surface area (Å²) in [6, 6.07) is 3.77. The van der Waals surface area contributed by atoms with Gasteiger partial charge in [-0.2, -0.15) is 18.2 Å². The standard InChI is InChI=1S/C9H6F3NS/c1-6-7(9(10,11)12)3-2-4-8(6)13-5-14/h2-4H,1H3. The van der Waals surface area contributed by atoms with Crippen LogP contribution in [0.25, 0.3) is 0 Å². The SMILES string of the molecule is Cc1c(N=C=S)cccc1C(F)(F)F. The van der Waals surface area contributed by atoms with Crippen molar-refractivity contribution in [1.29, 1.82) is 0 Å². The lowest BCUT2D eigenvalue weighted by Gasteiger charge is -2.10. The molecule has 1 nitrogen and oxygen atoms in total. The maximum atomic E-state index is 12.4. The molecule has 0 aliphatic carbocycles. The summed E-state index contributed by atoms with van der Waals surface area (Å²) in [6.45, 7) is 1.36. The minimum atomic E-state index is -4.35. The predicted octanol–water partition coefficient (Wildman–Crippen LogP) is 3.75. The van der Waals surface area contributed by atoms with Gasteiger partial charge in [0.1, 0.15) is 0 Å². The first-order chi connectivity index (χ1) is 6.46. The fourth-order valence-electron chi connectivity index (χ4n) is 1.10. The van der Waals surface area contributed by atoms with Crippen molar-refractivity contribution in [2.45, 2.75) is 13.1 Å². The number of benzene rings is 1. The van der Waals surface area contributed by atoms with Crippen LogP contribution in [0.2, 0.25) is 0 Å². The molecule has 0 fully saturated rings. The van der Waals surface area contributed by atoms with Crippen LogP contribution in [0.1, 0.15) is 11.1 Å². The van der Waals surface area contributed by atoms with Crippen LogP contribution >= 0.6 is 12.2 Å². The van der Waals surface area contributed by atoms with Crippen molar-refractivity contribution >= 4 is 23.1 Å². The van der Waals surface area contributed by atoms with E-state index in [9.17, 15) is 13.2 Å². The van der Waals surface area contributed by atoms with Crippen LogP contribution in [0.4, 0.5) is 18.9 Å². The number of thiocarbonyl (C=S) groups is 1. The fourth-order valence-corrected chi connectivity index (χ4v) is 1.20. The number of hydrogen-bond donors (Lipinski definition) is 0. The Morgan fingerprint density at radius 3 is 2.50 bits per heavy atom. The molecule has 0 N–H and O–H groups in total. The van der Waals surface area contributed by atoms with Crippen molar-refractivity contribution in [1.82, 2.24) is 0 Å². The zero-order chi connectivity index (χ0) is 10.8. The zero-order valence-electron chi connectivity index (χ0n) is 7.22. The van der Waals surface area contributed by atoms with Crippen molar-refractivity contribution in [2.75, 3.05) is 0 Å². The van der Waals surface area contributed by atoms with E-state index < -0.39 is 11.7 Å². The fraction of sp³-hybridized carbons (Fsp3) is 0.222. The van der Waals surface area contributed by atoms with Gasteiger partial charge < -0.3 is 0 Å². The quantitative estimate of drug-likeness (QED) is 0.515. The largest absolute Gasteiger partial charge is 0.416 e. The summed E-state index contributed by atoms with van der Waals surface area (Å²) in [5.74, 6) is 0. The number of nitrogens with zero attached hydrogens (tertiary/aromatic N) is 1. The molecule has 0 aliphatic heterocycles. The Labute approximate surface area is 84.3 Å². The summed E-state index contributed by atoms with van der Waals surface area (Å²) in [5, 5.41) is 2.04. The van der Waals surface area contributed by atoms with Crippen molar-refractivity contribution in [2.24, 2.45) is 4.99 Å². The highest BCUT2D eigenvalue weighted by Gasteiger charge is 2.32. The number of hydrogen-bond acceptors (Lipinski definition) is 2. The van der Waals surface area contributed by atoms with E-state index in [1.54, 1.807) is 0 Å². The van der Waals surface area contributed by atoms with Crippen LogP contribution < -0.4 is 0 Å². The highest BCUT2D eigenvalue weighted by molar-refractivity contribution is 7.78. The maximum absolute atomic E-state index is 12.4. The summed E-state index contributed by atoms with van der Waals surface area (Å²) >= 11 is 4.33. The van der Waals surface area contributed by atoms with Gasteiger partial charge in [-0.25, -0.2) is 0 Å². The van der Waals surface area contributed by atoms with Gasteiger partial charge in [-0.05, 0) is 36.8 Å². The van der Waals surface area contributed by atoms with Gasteiger partial charge in [0.05, 0.1) is 16.4 Å². The molecule has 0 aliphatic rings. The summed E-state index contributed by atoms with van der Waals surface area (Å²) in [4.78, 5) is 3.55. The number of halogens is 3. The maximum Gasteiger partial charge on any atom is 0.416 e. The van der Waals surface area contributed by atoms with Crippen molar-refractivity contribution in [3.05, 3.63) is 29.3 Å². The molecular formula is C9H6F3NS.